The molecule has 0 aromatic heterocycles. The Labute approximate surface area is 134 Å². The summed E-state index contributed by atoms with van der Waals surface area (Å²) in [6.45, 7) is 3.95. The van der Waals surface area contributed by atoms with Crippen LogP contribution in [0.1, 0.15) is 22.0 Å². The summed E-state index contributed by atoms with van der Waals surface area (Å²) >= 11 is 0. The van der Waals surface area contributed by atoms with Crippen molar-refractivity contribution in [2.24, 2.45) is 0 Å². The molecule has 0 radical (unpaired) electrons. The van der Waals surface area contributed by atoms with Crippen LogP contribution < -0.4 is 9.47 Å². The number of aliphatic hydroxyl groups is 1. The number of rotatable bonds is 6. The normalized spacial score (nSPS) is 11.1. The molecule has 5 nitrogen and oxygen atoms in total. The fourth-order valence-electron chi connectivity index (χ4n) is 1.80. The maximum absolute atomic E-state index is 12.0. The van der Waals surface area contributed by atoms with Gasteiger partial charge in [0.1, 0.15) is 18.1 Å². The summed E-state index contributed by atoms with van der Waals surface area (Å²) < 4.78 is 10.6. The Morgan fingerprint density at radius 2 is 1.78 bits per heavy atom. The van der Waals surface area contributed by atoms with E-state index in [4.69, 9.17) is 14.7 Å². The summed E-state index contributed by atoms with van der Waals surface area (Å²) in [6, 6.07) is 14.4. The molecule has 0 aliphatic carbocycles. The predicted octanol–water partition coefficient (Wildman–Crippen LogP) is 3.03. The molecule has 2 aromatic rings. The van der Waals surface area contributed by atoms with E-state index in [0.29, 0.717) is 29.2 Å². The van der Waals surface area contributed by atoms with Crippen LogP contribution in [0.5, 0.6) is 11.5 Å². The number of esters is 1. The van der Waals surface area contributed by atoms with Crippen LogP contribution in [0.2, 0.25) is 0 Å². The Balaban J connectivity index is 2.01. The highest BCUT2D eigenvalue weighted by atomic mass is 16.5. The van der Waals surface area contributed by atoms with Gasteiger partial charge < -0.3 is 14.6 Å². The maximum atomic E-state index is 12.0. The standard InChI is InChI=1S/C18H15NO4/c1-2-11-22-15-7-5-14(6-8-15)18(21)23-16-9-3-13(4-10-16)17(20)12-19/h2-10,17,20H,1,11H2/t17-/m0/s1. The lowest BCUT2D eigenvalue weighted by atomic mass is 10.1. The molecule has 0 saturated heterocycles. The first-order valence-corrected chi connectivity index (χ1v) is 6.87. The average molecular weight is 309 g/mol. The second-order valence-electron chi connectivity index (χ2n) is 4.61. The smallest absolute Gasteiger partial charge is 0.343 e. The van der Waals surface area contributed by atoms with E-state index in [1.54, 1.807) is 36.4 Å². The Hall–Kier alpha value is -3.10. The Morgan fingerprint density at radius 1 is 1.17 bits per heavy atom. The van der Waals surface area contributed by atoms with Crippen molar-refractivity contribution in [1.29, 1.82) is 5.26 Å². The van der Waals surface area contributed by atoms with Crippen LogP contribution in [0.15, 0.2) is 61.2 Å². The molecule has 0 spiro atoms. The van der Waals surface area contributed by atoms with Crippen molar-refractivity contribution < 1.29 is 19.4 Å². The Bertz CT molecular complexity index is 714. The first kappa shape index (κ1) is 16.3. The molecular weight excluding hydrogens is 294 g/mol. The molecule has 5 heteroatoms. The lowest BCUT2D eigenvalue weighted by Crippen LogP contribution is -2.08. The van der Waals surface area contributed by atoms with Crippen LogP contribution in [-0.4, -0.2) is 17.7 Å². The van der Waals surface area contributed by atoms with Crippen LogP contribution in [0.4, 0.5) is 0 Å². The van der Waals surface area contributed by atoms with Crippen molar-refractivity contribution in [3.8, 4) is 17.6 Å². The van der Waals surface area contributed by atoms with E-state index in [9.17, 15) is 9.90 Å². The Morgan fingerprint density at radius 3 is 2.35 bits per heavy atom. The summed E-state index contributed by atoms with van der Waals surface area (Å²) in [6.07, 6.45) is 0.442. The maximum Gasteiger partial charge on any atom is 0.343 e. The van der Waals surface area contributed by atoms with E-state index in [-0.39, 0.29) is 0 Å². The minimum Gasteiger partial charge on any atom is -0.490 e. The third kappa shape index (κ3) is 4.43. The van der Waals surface area contributed by atoms with Gasteiger partial charge in [0, 0.05) is 0 Å². The minimum atomic E-state index is -1.19. The number of nitrogens with zero attached hydrogens (tertiary/aromatic N) is 1. The van der Waals surface area contributed by atoms with Gasteiger partial charge in [-0.1, -0.05) is 24.8 Å². The molecule has 0 unspecified atom stereocenters. The summed E-state index contributed by atoms with van der Waals surface area (Å²) in [7, 11) is 0. The van der Waals surface area contributed by atoms with Crippen LogP contribution >= 0.6 is 0 Å². The van der Waals surface area contributed by atoms with E-state index in [0.717, 1.165) is 0 Å². The van der Waals surface area contributed by atoms with Crippen molar-refractivity contribution in [1.82, 2.24) is 0 Å². The number of hydrogen-bond acceptors (Lipinski definition) is 5. The summed E-state index contributed by atoms with van der Waals surface area (Å²) in [5, 5.41) is 18.0. The van der Waals surface area contributed by atoms with Crippen molar-refractivity contribution in [2.75, 3.05) is 6.61 Å². The zero-order valence-electron chi connectivity index (χ0n) is 12.3. The van der Waals surface area contributed by atoms with Crippen LogP contribution in [-0.2, 0) is 0 Å². The number of nitriles is 1. The van der Waals surface area contributed by atoms with Crippen LogP contribution in [0, 0.1) is 11.3 Å². The molecule has 2 aromatic carbocycles. The van der Waals surface area contributed by atoms with Gasteiger partial charge in [-0.05, 0) is 42.0 Å². The van der Waals surface area contributed by atoms with E-state index in [2.05, 4.69) is 6.58 Å². The van der Waals surface area contributed by atoms with Gasteiger partial charge in [-0.25, -0.2) is 4.79 Å². The number of carbonyl (C=O) groups is 1. The molecule has 23 heavy (non-hydrogen) atoms. The molecule has 0 heterocycles. The molecular formula is C18H15NO4. The number of carbonyl (C=O) groups excluding carboxylic acids is 1. The topological polar surface area (TPSA) is 79.6 Å². The van der Waals surface area contributed by atoms with Crippen molar-refractivity contribution >= 4 is 5.97 Å². The van der Waals surface area contributed by atoms with Gasteiger partial charge in [-0.2, -0.15) is 5.26 Å². The molecule has 1 atom stereocenters. The number of benzene rings is 2. The highest BCUT2D eigenvalue weighted by molar-refractivity contribution is 5.91. The Kier molecular flexibility index (Phi) is 5.50. The molecule has 0 bridgehead atoms. The van der Waals surface area contributed by atoms with Gasteiger partial charge >= 0.3 is 5.97 Å². The molecule has 1 N–H and O–H groups in total. The lowest BCUT2D eigenvalue weighted by molar-refractivity contribution is 0.0734. The van der Waals surface area contributed by atoms with E-state index in [1.807, 2.05) is 0 Å². The zero-order chi connectivity index (χ0) is 16.7. The summed E-state index contributed by atoms with van der Waals surface area (Å²) in [5.74, 6) is 0.459. The fourth-order valence-corrected chi connectivity index (χ4v) is 1.80. The summed E-state index contributed by atoms with van der Waals surface area (Å²) in [5.41, 5.74) is 0.827. The monoisotopic (exact) mass is 309 g/mol. The fraction of sp³-hybridized carbons (Fsp3) is 0.111. The second kappa shape index (κ2) is 7.78. The van der Waals surface area contributed by atoms with E-state index < -0.39 is 12.1 Å². The molecule has 0 saturated carbocycles. The van der Waals surface area contributed by atoms with Crippen molar-refractivity contribution in [3.63, 3.8) is 0 Å². The molecule has 0 aliphatic heterocycles. The molecule has 0 amide bonds. The average Bonchev–Trinajstić information content (AvgIpc) is 2.60. The van der Waals surface area contributed by atoms with Gasteiger partial charge in [0.2, 0.25) is 0 Å². The van der Waals surface area contributed by atoms with Gasteiger partial charge in [0.05, 0.1) is 11.6 Å². The third-order valence-corrected chi connectivity index (χ3v) is 2.99. The first-order valence-electron chi connectivity index (χ1n) is 6.87. The van der Waals surface area contributed by atoms with Gasteiger partial charge in [0.25, 0.3) is 0 Å². The largest absolute Gasteiger partial charge is 0.490 e. The highest BCUT2D eigenvalue weighted by Gasteiger charge is 2.10. The number of hydrogen-bond donors (Lipinski definition) is 1. The molecule has 0 aliphatic rings. The second-order valence-corrected chi connectivity index (χ2v) is 4.61. The first-order chi connectivity index (χ1) is 11.1. The van der Waals surface area contributed by atoms with Crippen molar-refractivity contribution in [3.05, 3.63) is 72.3 Å². The molecule has 116 valence electrons. The number of ether oxygens (including phenoxy) is 2. The van der Waals surface area contributed by atoms with Gasteiger partial charge in [-0.15, -0.1) is 0 Å². The lowest BCUT2D eigenvalue weighted by Gasteiger charge is -2.07. The summed E-state index contributed by atoms with van der Waals surface area (Å²) in [4.78, 5) is 12.0. The van der Waals surface area contributed by atoms with E-state index in [1.165, 1.54) is 24.3 Å². The molecule has 0 fully saturated rings. The quantitative estimate of drug-likeness (QED) is 0.384. The zero-order valence-corrected chi connectivity index (χ0v) is 12.3. The highest BCUT2D eigenvalue weighted by Crippen LogP contribution is 2.19. The van der Waals surface area contributed by atoms with Crippen molar-refractivity contribution in [2.45, 2.75) is 6.10 Å². The van der Waals surface area contributed by atoms with Crippen LogP contribution in [0.25, 0.3) is 0 Å². The minimum absolute atomic E-state index is 0.330. The van der Waals surface area contributed by atoms with E-state index >= 15 is 0 Å². The van der Waals surface area contributed by atoms with Gasteiger partial charge in [-0.3, -0.25) is 0 Å². The van der Waals surface area contributed by atoms with Gasteiger partial charge in [0.15, 0.2) is 6.10 Å². The molecule has 2 rings (SSSR count). The SMILES string of the molecule is C=CCOc1ccc(C(=O)Oc2ccc([C@@H](O)C#N)cc2)cc1. The number of aliphatic hydroxyl groups excluding tert-OH is 1. The third-order valence-electron chi connectivity index (χ3n) is 2.99. The predicted molar refractivity (Wildman–Crippen MR) is 84.1 cm³/mol. The van der Waals surface area contributed by atoms with Crippen LogP contribution in [0.3, 0.4) is 0 Å².